The Morgan fingerprint density at radius 1 is 1.15 bits per heavy atom. The van der Waals surface area contributed by atoms with Crippen LogP contribution in [0.4, 0.5) is 5.69 Å². The number of carbonyl (C=O) groups excluding carboxylic acids is 3. The molecule has 0 N–H and O–H groups in total. The zero-order valence-corrected chi connectivity index (χ0v) is 16.0. The van der Waals surface area contributed by atoms with Crippen molar-refractivity contribution >= 4 is 35.0 Å². The molecule has 27 heavy (non-hydrogen) atoms. The van der Waals surface area contributed by atoms with E-state index in [1.165, 1.54) is 16.7 Å². The molecule has 6 atom stereocenters. The second-order valence-electron chi connectivity index (χ2n) is 8.23. The molecule has 0 radical (unpaired) electrons. The van der Waals surface area contributed by atoms with Gasteiger partial charge in [0.1, 0.15) is 6.67 Å². The van der Waals surface area contributed by atoms with Gasteiger partial charge in [-0.25, -0.2) is 0 Å². The summed E-state index contributed by atoms with van der Waals surface area (Å²) in [6.07, 6.45) is 5.44. The molecule has 5 nitrogen and oxygen atoms in total. The Morgan fingerprint density at radius 3 is 2.30 bits per heavy atom. The van der Waals surface area contributed by atoms with Crippen LogP contribution in [-0.2, 0) is 14.4 Å². The van der Waals surface area contributed by atoms with Gasteiger partial charge in [0, 0.05) is 17.6 Å². The maximum absolute atomic E-state index is 13.2. The van der Waals surface area contributed by atoms with Gasteiger partial charge in [0.05, 0.1) is 11.8 Å². The van der Waals surface area contributed by atoms with E-state index in [2.05, 4.69) is 12.2 Å². The van der Waals surface area contributed by atoms with Crippen LogP contribution in [0.25, 0.3) is 0 Å². The van der Waals surface area contributed by atoms with Crippen molar-refractivity contribution < 1.29 is 14.4 Å². The Hall–Kier alpha value is -2.14. The molecule has 5 aliphatic rings. The lowest BCUT2D eigenvalue weighted by Crippen LogP contribution is -2.44. The molecule has 0 spiro atoms. The van der Waals surface area contributed by atoms with Crippen molar-refractivity contribution in [3.8, 4) is 0 Å². The number of benzene rings is 1. The van der Waals surface area contributed by atoms with Crippen LogP contribution in [0.2, 0.25) is 5.02 Å². The number of carbonyl (C=O) groups is 3. The highest BCUT2D eigenvalue weighted by atomic mass is 35.5. The van der Waals surface area contributed by atoms with Crippen molar-refractivity contribution in [2.45, 2.75) is 20.3 Å². The molecule has 1 aromatic carbocycles. The van der Waals surface area contributed by atoms with E-state index in [1.807, 2.05) is 6.92 Å². The van der Waals surface area contributed by atoms with E-state index in [-0.39, 0.29) is 48.1 Å². The maximum atomic E-state index is 13.2. The number of hydrogen-bond acceptors (Lipinski definition) is 3. The first-order valence-corrected chi connectivity index (χ1v) is 9.84. The van der Waals surface area contributed by atoms with Gasteiger partial charge in [0.25, 0.3) is 0 Å². The molecule has 1 saturated heterocycles. The molecule has 4 aliphatic carbocycles. The summed E-state index contributed by atoms with van der Waals surface area (Å²) in [7, 11) is 0. The zero-order valence-electron chi connectivity index (χ0n) is 15.3. The average molecular weight is 385 g/mol. The van der Waals surface area contributed by atoms with Crippen molar-refractivity contribution in [1.82, 2.24) is 4.90 Å². The zero-order chi connectivity index (χ0) is 19.0. The van der Waals surface area contributed by atoms with Gasteiger partial charge in [-0.1, -0.05) is 29.8 Å². The predicted molar refractivity (Wildman–Crippen MR) is 101 cm³/mol. The average Bonchev–Trinajstić information content (AvgIpc) is 3.42. The van der Waals surface area contributed by atoms with Gasteiger partial charge in [-0.15, -0.1) is 0 Å². The van der Waals surface area contributed by atoms with Crippen molar-refractivity contribution in [1.29, 1.82) is 0 Å². The van der Waals surface area contributed by atoms with Crippen LogP contribution in [0.15, 0.2) is 30.4 Å². The molecule has 0 aromatic heterocycles. The van der Waals surface area contributed by atoms with Gasteiger partial charge in [-0.05, 0) is 54.7 Å². The Kier molecular flexibility index (Phi) is 3.57. The third kappa shape index (κ3) is 2.27. The number of anilines is 1. The van der Waals surface area contributed by atoms with Crippen molar-refractivity contribution in [3.05, 3.63) is 40.9 Å². The summed E-state index contributed by atoms with van der Waals surface area (Å²) in [6.45, 7) is 3.23. The van der Waals surface area contributed by atoms with Gasteiger partial charge >= 0.3 is 0 Å². The lowest BCUT2D eigenvalue weighted by atomic mass is 9.63. The highest BCUT2D eigenvalue weighted by Gasteiger charge is 2.67. The summed E-state index contributed by atoms with van der Waals surface area (Å²) >= 11 is 6.21. The second kappa shape index (κ2) is 5.68. The third-order valence-corrected chi connectivity index (χ3v) is 7.36. The molecule has 3 fully saturated rings. The van der Waals surface area contributed by atoms with Gasteiger partial charge in [0.15, 0.2) is 0 Å². The lowest BCUT2D eigenvalue weighted by molar-refractivity contribution is -0.140. The quantitative estimate of drug-likeness (QED) is 0.594. The summed E-state index contributed by atoms with van der Waals surface area (Å²) < 4.78 is 0. The van der Waals surface area contributed by atoms with E-state index in [1.54, 1.807) is 18.2 Å². The van der Waals surface area contributed by atoms with Crippen LogP contribution in [0.3, 0.4) is 0 Å². The Labute approximate surface area is 163 Å². The first-order valence-electron chi connectivity index (χ1n) is 9.47. The van der Waals surface area contributed by atoms with Gasteiger partial charge in [0.2, 0.25) is 17.7 Å². The monoisotopic (exact) mass is 384 g/mol. The van der Waals surface area contributed by atoms with E-state index in [0.29, 0.717) is 22.5 Å². The molecular formula is C21H21ClN2O3. The Morgan fingerprint density at radius 2 is 1.74 bits per heavy atom. The Bertz CT molecular complexity index is 875. The van der Waals surface area contributed by atoms with Gasteiger partial charge in [-0.3, -0.25) is 24.2 Å². The largest absolute Gasteiger partial charge is 0.294 e. The first kappa shape index (κ1) is 17.0. The fourth-order valence-electron chi connectivity index (χ4n) is 5.53. The number of likely N-dealkylation sites (tertiary alicyclic amines) is 1. The molecule has 6 heteroatoms. The highest BCUT2D eigenvalue weighted by molar-refractivity contribution is 6.31. The van der Waals surface area contributed by atoms with Crippen LogP contribution >= 0.6 is 11.6 Å². The molecule has 2 saturated carbocycles. The summed E-state index contributed by atoms with van der Waals surface area (Å²) in [5, 5.41) is 0.550. The minimum Gasteiger partial charge on any atom is -0.294 e. The molecule has 1 aliphatic heterocycles. The van der Waals surface area contributed by atoms with E-state index < -0.39 is 0 Å². The van der Waals surface area contributed by atoms with E-state index in [0.717, 1.165) is 12.0 Å². The fourth-order valence-corrected chi connectivity index (χ4v) is 5.70. The number of amides is 3. The van der Waals surface area contributed by atoms with Crippen LogP contribution in [0.1, 0.15) is 18.9 Å². The number of imide groups is 1. The van der Waals surface area contributed by atoms with Crippen LogP contribution in [0.5, 0.6) is 0 Å². The summed E-state index contributed by atoms with van der Waals surface area (Å²) in [6, 6.07) is 5.32. The Balaban J connectivity index is 1.47. The van der Waals surface area contributed by atoms with E-state index >= 15 is 0 Å². The molecule has 140 valence electrons. The van der Waals surface area contributed by atoms with Crippen molar-refractivity contribution in [2.75, 3.05) is 11.6 Å². The molecular weight excluding hydrogens is 364 g/mol. The molecule has 6 rings (SSSR count). The van der Waals surface area contributed by atoms with Crippen LogP contribution < -0.4 is 4.90 Å². The number of hydrogen-bond donors (Lipinski definition) is 0. The molecule has 3 amide bonds. The van der Waals surface area contributed by atoms with Crippen LogP contribution in [-0.4, -0.2) is 29.3 Å². The molecule has 0 unspecified atom stereocenters. The third-order valence-electron chi connectivity index (χ3n) is 6.95. The topological polar surface area (TPSA) is 57.7 Å². The number of allylic oxidation sites excluding steroid dienone is 2. The van der Waals surface area contributed by atoms with Gasteiger partial charge in [-0.2, -0.15) is 0 Å². The van der Waals surface area contributed by atoms with Crippen LogP contribution in [0, 0.1) is 42.4 Å². The van der Waals surface area contributed by atoms with E-state index in [9.17, 15) is 14.4 Å². The van der Waals surface area contributed by atoms with Crippen molar-refractivity contribution in [3.63, 3.8) is 0 Å². The van der Waals surface area contributed by atoms with E-state index in [4.69, 9.17) is 11.6 Å². The lowest BCUT2D eigenvalue weighted by Gasteiger charge is -2.37. The number of rotatable bonds is 3. The predicted octanol–water partition coefficient (Wildman–Crippen LogP) is 3.01. The molecule has 2 bridgehead atoms. The standard InChI is InChI=1S/C21H21ClN2O3/c1-10-16(22)4-3-5-17(10)23(11(2)25)9-24-20(26)18-12-6-7-13(15-8-14(12)15)19(18)21(24)27/h3-7,12-15,18-19H,8-9H2,1-2H3/t12-,13-,14-,15+,18-,19+/m0/s1. The highest BCUT2D eigenvalue weighted by Crippen LogP contribution is 2.65. The molecule has 1 aromatic rings. The first-order chi connectivity index (χ1) is 12.9. The minimum atomic E-state index is -0.245. The van der Waals surface area contributed by atoms with Crippen molar-refractivity contribution in [2.24, 2.45) is 35.5 Å². The second-order valence-corrected chi connectivity index (χ2v) is 8.64. The summed E-state index contributed by atoms with van der Waals surface area (Å²) in [5.41, 5.74) is 1.39. The summed E-state index contributed by atoms with van der Waals surface area (Å²) in [5.74, 6) is 0.543. The smallest absolute Gasteiger partial charge is 0.235 e. The normalized spacial score (nSPS) is 35.3. The molecule has 1 heterocycles. The van der Waals surface area contributed by atoms with Gasteiger partial charge < -0.3 is 0 Å². The SMILES string of the molecule is CC(=O)N(CN1C(=O)[C@@H]2[C@H]3C=C[C@@H]([C@@H]4C[C@H]34)[C@@H]2C1=O)c1cccc(Cl)c1C. The fraction of sp³-hybridized carbons (Fsp3) is 0.476. The number of nitrogens with zero attached hydrogens (tertiary/aromatic N) is 2. The summed E-state index contributed by atoms with van der Waals surface area (Å²) in [4.78, 5) is 41.4. The number of halogens is 1. The maximum Gasteiger partial charge on any atom is 0.235 e. The minimum absolute atomic E-state index is 0.0457.